The highest BCUT2D eigenvalue weighted by Gasteiger charge is 2.33. The fourth-order valence-electron chi connectivity index (χ4n) is 3.02. The van der Waals surface area contributed by atoms with E-state index in [0.29, 0.717) is 0 Å². The summed E-state index contributed by atoms with van der Waals surface area (Å²) in [5.41, 5.74) is 3.46. The predicted molar refractivity (Wildman–Crippen MR) is 90.1 cm³/mol. The van der Waals surface area contributed by atoms with E-state index in [2.05, 4.69) is 40.5 Å². The van der Waals surface area contributed by atoms with E-state index in [0.717, 1.165) is 35.2 Å². The largest absolute Gasteiger partial charge is 0.361 e. The molecule has 0 bridgehead atoms. The first kappa shape index (κ1) is 13.5. The van der Waals surface area contributed by atoms with Crippen molar-refractivity contribution in [3.05, 3.63) is 64.7 Å². The Morgan fingerprint density at radius 3 is 2.68 bits per heavy atom. The van der Waals surface area contributed by atoms with Gasteiger partial charge in [0.25, 0.3) is 0 Å². The third kappa shape index (κ3) is 2.20. The molecule has 4 rings (SSSR count). The molecule has 1 N–H and O–H groups in total. The molecule has 2 aliphatic rings. The normalized spacial score (nSPS) is 19.9. The number of para-hydroxylation sites is 1. The van der Waals surface area contributed by atoms with Crippen molar-refractivity contribution in [3.63, 3.8) is 0 Å². The van der Waals surface area contributed by atoms with E-state index in [4.69, 9.17) is 16.7 Å². The summed E-state index contributed by atoms with van der Waals surface area (Å²) < 4.78 is 0. The molecule has 0 amide bonds. The molecule has 0 aliphatic carbocycles. The molecule has 1 unspecified atom stereocenters. The van der Waals surface area contributed by atoms with Crippen LogP contribution in [-0.2, 0) is 0 Å². The lowest BCUT2D eigenvalue weighted by Crippen LogP contribution is -2.49. The van der Waals surface area contributed by atoms with Gasteiger partial charge < -0.3 is 10.2 Å². The zero-order chi connectivity index (χ0) is 15.1. The number of rotatable bonds is 1. The van der Waals surface area contributed by atoms with Crippen LogP contribution in [0.1, 0.15) is 17.3 Å². The molecule has 5 heteroatoms. The Bertz CT molecular complexity index is 726. The summed E-state index contributed by atoms with van der Waals surface area (Å²) in [6.45, 7) is 1.85. The highest BCUT2D eigenvalue weighted by Crippen LogP contribution is 2.34. The average Bonchev–Trinajstić information content (AvgIpc) is 2.55. The number of halogens is 1. The van der Waals surface area contributed by atoms with Gasteiger partial charge in [0.05, 0.1) is 6.54 Å². The number of likely N-dealkylation sites (N-methyl/N-ethyl adjacent to an activating group) is 1. The maximum Gasteiger partial charge on any atom is 0.160 e. The van der Waals surface area contributed by atoms with Crippen LogP contribution < -0.4 is 5.32 Å². The van der Waals surface area contributed by atoms with Crippen molar-refractivity contribution in [3.8, 4) is 0 Å². The van der Waals surface area contributed by atoms with E-state index < -0.39 is 0 Å². The molecule has 2 aromatic rings. The number of hydrazone groups is 1. The van der Waals surface area contributed by atoms with Crippen molar-refractivity contribution >= 4 is 23.1 Å². The highest BCUT2D eigenvalue weighted by molar-refractivity contribution is 6.30. The number of nitrogens with zero attached hydrogens (tertiary/aromatic N) is 3. The quantitative estimate of drug-likeness (QED) is 0.876. The number of hydrogen-bond donors (Lipinski definition) is 1. The number of anilines is 1. The van der Waals surface area contributed by atoms with Crippen LogP contribution >= 0.6 is 11.6 Å². The molecule has 0 saturated carbocycles. The number of fused-ring (bicyclic) bond motifs is 3. The molecular formula is C17H17ClN4. The van der Waals surface area contributed by atoms with E-state index in [-0.39, 0.29) is 6.17 Å². The Labute approximate surface area is 135 Å². The lowest BCUT2D eigenvalue weighted by molar-refractivity contribution is 0.230. The number of hydrogen-bond acceptors (Lipinski definition) is 4. The third-order valence-corrected chi connectivity index (χ3v) is 4.41. The smallest absolute Gasteiger partial charge is 0.160 e. The molecule has 2 heterocycles. The molecule has 22 heavy (non-hydrogen) atoms. The summed E-state index contributed by atoms with van der Waals surface area (Å²) >= 11 is 6.02. The van der Waals surface area contributed by atoms with Crippen molar-refractivity contribution in [2.75, 3.05) is 25.5 Å². The molecule has 1 atom stereocenters. The van der Waals surface area contributed by atoms with Gasteiger partial charge in [-0.2, -0.15) is 5.10 Å². The van der Waals surface area contributed by atoms with E-state index in [1.54, 1.807) is 0 Å². The number of benzene rings is 2. The Morgan fingerprint density at radius 2 is 1.86 bits per heavy atom. The fourth-order valence-corrected chi connectivity index (χ4v) is 3.15. The first-order valence-electron chi connectivity index (χ1n) is 7.40. The van der Waals surface area contributed by atoms with Crippen LogP contribution in [0.15, 0.2) is 53.6 Å². The SMILES string of the molecule is CN1CCN2C(=N1)c1ccccc1NC2c1ccc(Cl)cc1. The van der Waals surface area contributed by atoms with Crippen LogP contribution in [0.4, 0.5) is 5.69 Å². The molecule has 0 fully saturated rings. The zero-order valence-electron chi connectivity index (χ0n) is 12.3. The number of amidine groups is 1. The summed E-state index contributed by atoms with van der Waals surface area (Å²) in [6.07, 6.45) is 0.0830. The lowest BCUT2D eigenvalue weighted by atomic mass is 10.0. The molecule has 0 aromatic heterocycles. The topological polar surface area (TPSA) is 30.9 Å². The van der Waals surface area contributed by atoms with Crippen LogP contribution in [-0.4, -0.2) is 35.9 Å². The molecule has 0 radical (unpaired) electrons. The maximum atomic E-state index is 6.02. The molecule has 2 aliphatic heterocycles. The van der Waals surface area contributed by atoms with Gasteiger partial charge in [0.15, 0.2) is 5.84 Å². The van der Waals surface area contributed by atoms with Gasteiger partial charge in [0.2, 0.25) is 0 Å². The van der Waals surface area contributed by atoms with Crippen LogP contribution in [0.25, 0.3) is 0 Å². The summed E-state index contributed by atoms with van der Waals surface area (Å²) in [5.74, 6) is 1.03. The van der Waals surface area contributed by atoms with Gasteiger partial charge in [0.1, 0.15) is 6.17 Å². The Kier molecular flexibility index (Phi) is 3.19. The molecule has 0 saturated heterocycles. The third-order valence-electron chi connectivity index (χ3n) is 4.16. The van der Waals surface area contributed by atoms with Crippen LogP contribution in [0.5, 0.6) is 0 Å². The van der Waals surface area contributed by atoms with Crippen LogP contribution in [0.3, 0.4) is 0 Å². The second-order valence-electron chi connectivity index (χ2n) is 5.64. The minimum absolute atomic E-state index is 0.0830. The van der Waals surface area contributed by atoms with Gasteiger partial charge in [0, 0.05) is 29.9 Å². The minimum atomic E-state index is 0.0830. The first-order valence-corrected chi connectivity index (χ1v) is 7.78. The number of nitrogens with one attached hydrogen (secondary N) is 1. The Hall–Kier alpha value is -2.20. The van der Waals surface area contributed by atoms with Gasteiger partial charge in [-0.1, -0.05) is 35.9 Å². The van der Waals surface area contributed by atoms with Crippen molar-refractivity contribution in [2.24, 2.45) is 5.10 Å². The second-order valence-corrected chi connectivity index (χ2v) is 6.08. The zero-order valence-corrected chi connectivity index (χ0v) is 13.1. The second kappa shape index (κ2) is 5.21. The first-order chi connectivity index (χ1) is 10.7. The summed E-state index contributed by atoms with van der Waals surface area (Å²) in [6, 6.07) is 16.3. The minimum Gasteiger partial charge on any atom is -0.361 e. The van der Waals surface area contributed by atoms with Crippen molar-refractivity contribution < 1.29 is 0 Å². The van der Waals surface area contributed by atoms with Crippen molar-refractivity contribution in [1.29, 1.82) is 0 Å². The molecule has 112 valence electrons. The lowest BCUT2D eigenvalue weighted by Gasteiger charge is -2.43. The van der Waals surface area contributed by atoms with E-state index in [9.17, 15) is 0 Å². The fraction of sp³-hybridized carbons (Fsp3) is 0.235. The Morgan fingerprint density at radius 1 is 1.09 bits per heavy atom. The van der Waals surface area contributed by atoms with Gasteiger partial charge >= 0.3 is 0 Å². The van der Waals surface area contributed by atoms with E-state index in [1.165, 1.54) is 5.56 Å². The summed E-state index contributed by atoms with van der Waals surface area (Å²) in [7, 11) is 2.02. The summed E-state index contributed by atoms with van der Waals surface area (Å²) in [5, 5.41) is 11.1. The highest BCUT2D eigenvalue weighted by atomic mass is 35.5. The van der Waals surface area contributed by atoms with Crippen molar-refractivity contribution in [1.82, 2.24) is 9.91 Å². The van der Waals surface area contributed by atoms with E-state index in [1.807, 2.05) is 30.3 Å². The predicted octanol–water partition coefficient (Wildman–Crippen LogP) is 3.37. The molecule has 0 spiro atoms. The monoisotopic (exact) mass is 312 g/mol. The molecule has 4 nitrogen and oxygen atoms in total. The summed E-state index contributed by atoms with van der Waals surface area (Å²) in [4.78, 5) is 2.32. The van der Waals surface area contributed by atoms with Crippen LogP contribution in [0.2, 0.25) is 5.02 Å². The van der Waals surface area contributed by atoms with E-state index >= 15 is 0 Å². The van der Waals surface area contributed by atoms with Crippen LogP contribution in [0, 0.1) is 0 Å². The van der Waals surface area contributed by atoms with Gasteiger partial charge in [-0.15, -0.1) is 0 Å². The maximum absolute atomic E-state index is 6.02. The van der Waals surface area contributed by atoms with Gasteiger partial charge in [-0.05, 0) is 29.8 Å². The van der Waals surface area contributed by atoms with Crippen molar-refractivity contribution in [2.45, 2.75) is 6.17 Å². The van der Waals surface area contributed by atoms with Gasteiger partial charge in [-0.25, -0.2) is 0 Å². The standard InChI is InChI=1S/C17H17ClN4/c1-21-10-11-22-16(12-6-8-13(18)9-7-12)19-15-5-3-2-4-14(15)17(22)20-21/h2-9,16,19H,10-11H2,1H3. The van der Waals surface area contributed by atoms with Gasteiger partial charge in [-0.3, -0.25) is 5.01 Å². The molecular weight excluding hydrogens is 296 g/mol. The average molecular weight is 313 g/mol. The Balaban J connectivity index is 1.82. The molecule has 2 aromatic carbocycles.